The molecule has 0 saturated carbocycles. The van der Waals surface area contributed by atoms with Crippen molar-refractivity contribution in [3.63, 3.8) is 0 Å². The molecule has 0 amide bonds. The molecule has 2 heterocycles. The minimum Gasteiger partial charge on any atom is -0.475 e. The molecule has 0 aromatic heterocycles. The highest BCUT2D eigenvalue weighted by Crippen LogP contribution is 2.29. The highest BCUT2D eigenvalue weighted by molar-refractivity contribution is 5.73. The average Bonchev–Trinajstić information content (AvgIpc) is 2.61. The average molecular weight is 389 g/mol. The number of carboxylic acid groups (broad SMARTS) is 1. The van der Waals surface area contributed by atoms with Crippen LogP contribution in [0.3, 0.4) is 0 Å². The van der Waals surface area contributed by atoms with Gasteiger partial charge in [-0.25, -0.2) is 9.18 Å². The predicted octanol–water partition coefficient (Wildman–Crippen LogP) is 1.98. The van der Waals surface area contributed by atoms with E-state index in [1.165, 1.54) is 6.07 Å². The monoisotopic (exact) mass is 389 g/mol. The maximum Gasteiger partial charge on any atom is 0.490 e. The fourth-order valence-corrected chi connectivity index (χ4v) is 3.07. The number of nitriles is 1. The van der Waals surface area contributed by atoms with Gasteiger partial charge in [-0.05, 0) is 24.1 Å². The van der Waals surface area contributed by atoms with Crippen LogP contribution in [0, 0.1) is 24.1 Å². The summed E-state index contributed by atoms with van der Waals surface area (Å²) in [7, 11) is 0. The Morgan fingerprint density at radius 1 is 1.44 bits per heavy atom. The van der Waals surface area contributed by atoms with Gasteiger partial charge in [-0.3, -0.25) is 4.90 Å². The number of morpholine rings is 1. The summed E-state index contributed by atoms with van der Waals surface area (Å²) in [6.45, 7) is 6.24. The number of benzene rings is 1. The molecular formula is C17H19F4N3O3. The lowest BCUT2D eigenvalue weighted by atomic mass is 9.96. The molecule has 6 nitrogen and oxygen atoms in total. The number of halogens is 4. The van der Waals surface area contributed by atoms with Crippen LogP contribution in [0.15, 0.2) is 12.1 Å². The minimum absolute atomic E-state index is 0.0722. The van der Waals surface area contributed by atoms with Gasteiger partial charge in [0.25, 0.3) is 0 Å². The topological polar surface area (TPSA) is 85.6 Å². The maximum atomic E-state index is 13.6. The van der Waals surface area contributed by atoms with Gasteiger partial charge in [-0.15, -0.1) is 0 Å². The van der Waals surface area contributed by atoms with E-state index in [0.29, 0.717) is 18.2 Å². The van der Waals surface area contributed by atoms with E-state index in [2.05, 4.69) is 10.2 Å². The second-order valence-corrected chi connectivity index (χ2v) is 6.23. The van der Waals surface area contributed by atoms with Crippen LogP contribution in [0.2, 0.25) is 0 Å². The molecule has 10 heteroatoms. The Kier molecular flexibility index (Phi) is 6.75. The van der Waals surface area contributed by atoms with E-state index >= 15 is 0 Å². The highest BCUT2D eigenvalue weighted by Gasteiger charge is 2.38. The van der Waals surface area contributed by atoms with Crippen molar-refractivity contribution in [2.24, 2.45) is 0 Å². The van der Waals surface area contributed by atoms with Gasteiger partial charge in [-0.1, -0.05) is 6.07 Å². The number of fused-ring (bicyclic) bond motifs is 1. The molecule has 2 N–H and O–H groups in total. The first-order chi connectivity index (χ1) is 12.6. The smallest absolute Gasteiger partial charge is 0.475 e. The molecule has 2 fully saturated rings. The molecule has 148 valence electrons. The van der Waals surface area contributed by atoms with Crippen molar-refractivity contribution < 1.29 is 32.2 Å². The zero-order chi connectivity index (χ0) is 20.2. The molecule has 2 saturated heterocycles. The predicted molar refractivity (Wildman–Crippen MR) is 86.5 cm³/mol. The molecule has 2 atom stereocenters. The number of ether oxygens (including phenoxy) is 1. The number of rotatable bonds is 1. The quantitative estimate of drug-likeness (QED) is 0.715. The third-order valence-corrected chi connectivity index (χ3v) is 4.52. The van der Waals surface area contributed by atoms with E-state index in [9.17, 15) is 17.6 Å². The molecule has 0 spiro atoms. The van der Waals surface area contributed by atoms with Crippen molar-refractivity contribution in [1.82, 2.24) is 10.2 Å². The molecule has 2 aliphatic heterocycles. The van der Waals surface area contributed by atoms with E-state index in [4.69, 9.17) is 19.9 Å². The molecule has 0 unspecified atom stereocenters. The van der Waals surface area contributed by atoms with Crippen LogP contribution in [0.25, 0.3) is 0 Å². The summed E-state index contributed by atoms with van der Waals surface area (Å²) in [5, 5.41) is 19.5. The lowest BCUT2D eigenvalue weighted by Crippen LogP contribution is -2.57. The summed E-state index contributed by atoms with van der Waals surface area (Å²) in [6.07, 6.45) is -5.16. The third-order valence-electron chi connectivity index (χ3n) is 4.52. The lowest BCUT2D eigenvalue weighted by molar-refractivity contribution is -0.192. The van der Waals surface area contributed by atoms with Crippen molar-refractivity contribution in [2.45, 2.75) is 25.2 Å². The first kappa shape index (κ1) is 21.1. The summed E-state index contributed by atoms with van der Waals surface area (Å²) < 4.78 is 51.3. The van der Waals surface area contributed by atoms with Crippen LogP contribution in [0.1, 0.15) is 22.8 Å². The molecule has 0 bridgehead atoms. The van der Waals surface area contributed by atoms with Crippen molar-refractivity contribution >= 4 is 5.97 Å². The highest BCUT2D eigenvalue weighted by atomic mass is 19.4. The van der Waals surface area contributed by atoms with Crippen LogP contribution in [-0.2, 0) is 9.53 Å². The van der Waals surface area contributed by atoms with E-state index in [1.807, 2.05) is 6.07 Å². The second kappa shape index (κ2) is 8.65. The summed E-state index contributed by atoms with van der Waals surface area (Å²) in [4.78, 5) is 11.3. The van der Waals surface area contributed by atoms with Crippen LogP contribution < -0.4 is 5.32 Å². The normalized spacial score (nSPS) is 22.8. The van der Waals surface area contributed by atoms with Crippen LogP contribution in [0.4, 0.5) is 17.6 Å². The number of carbonyl (C=O) groups is 1. The van der Waals surface area contributed by atoms with Gasteiger partial charge in [0.05, 0.1) is 18.3 Å². The van der Waals surface area contributed by atoms with Crippen molar-refractivity contribution in [1.29, 1.82) is 5.26 Å². The Balaban J connectivity index is 0.000000321. The fraction of sp³-hybridized carbons (Fsp3) is 0.529. The number of hydrogen-bond acceptors (Lipinski definition) is 5. The van der Waals surface area contributed by atoms with Crippen LogP contribution >= 0.6 is 0 Å². The number of hydrogen-bond donors (Lipinski definition) is 2. The van der Waals surface area contributed by atoms with Gasteiger partial charge in [-0.2, -0.15) is 18.4 Å². The summed E-state index contributed by atoms with van der Waals surface area (Å²) in [6, 6.07) is 5.49. The van der Waals surface area contributed by atoms with Gasteiger partial charge in [0.2, 0.25) is 0 Å². The zero-order valence-corrected chi connectivity index (χ0v) is 14.5. The van der Waals surface area contributed by atoms with Gasteiger partial charge in [0.1, 0.15) is 11.9 Å². The van der Waals surface area contributed by atoms with Crippen molar-refractivity contribution in [3.05, 3.63) is 34.6 Å². The fourth-order valence-electron chi connectivity index (χ4n) is 3.07. The molecule has 0 radical (unpaired) electrons. The Morgan fingerprint density at radius 2 is 2.11 bits per heavy atom. The molecule has 3 rings (SSSR count). The Labute approximate surface area is 153 Å². The van der Waals surface area contributed by atoms with E-state index < -0.39 is 18.0 Å². The van der Waals surface area contributed by atoms with Gasteiger partial charge >= 0.3 is 12.1 Å². The summed E-state index contributed by atoms with van der Waals surface area (Å²) in [5.41, 5.74) is 1.76. The zero-order valence-electron chi connectivity index (χ0n) is 14.5. The maximum absolute atomic E-state index is 13.6. The summed E-state index contributed by atoms with van der Waals surface area (Å²) in [5.74, 6) is -3.21. The molecular weight excluding hydrogens is 370 g/mol. The molecule has 0 aliphatic carbocycles. The molecule has 1 aromatic rings. The molecule has 1 aromatic carbocycles. The van der Waals surface area contributed by atoms with Gasteiger partial charge in [0.15, 0.2) is 0 Å². The van der Waals surface area contributed by atoms with Gasteiger partial charge < -0.3 is 15.2 Å². The number of nitrogens with zero attached hydrogens (tertiary/aromatic N) is 2. The SMILES string of the molecule is Cc1c([C@H]2CN3CCNC[C@@H]3CO2)ccc(F)c1C#N.O=C(O)C(F)(F)F. The molecule has 27 heavy (non-hydrogen) atoms. The first-order valence-corrected chi connectivity index (χ1v) is 8.20. The lowest BCUT2D eigenvalue weighted by Gasteiger charge is -2.43. The third kappa shape index (κ3) is 5.15. The van der Waals surface area contributed by atoms with Crippen LogP contribution in [-0.4, -0.2) is 61.0 Å². The van der Waals surface area contributed by atoms with E-state index in [1.54, 1.807) is 13.0 Å². The number of piperazine rings is 1. The number of nitrogens with one attached hydrogen (secondary N) is 1. The number of alkyl halides is 3. The van der Waals surface area contributed by atoms with Gasteiger partial charge in [0, 0.05) is 32.2 Å². The Bertz CT molecular complexity index is 733. The standard InChI is InChI=1S/C15H18FN3O.C2HF3O2/c1-10-12(2-3-14(16)13(10)6-17)15-8-19-5-4-18-7-11(19)9-20-15;3-2(4,5)1(6)7/h2-3,11,15,18H,4-5,7-9H2,1H3;(H,6,7)/t11-,15-;/m1./s1. The van der Waals surface area contributed by atoms with Crippen molar-refractivity contribution in [2.75, 3.05) is 32.8 Å². The van der Waals surface area contributed by atoms with Crippen LogP contribution in [0.5, 0.6) is 0 Å². The Hall–Kier alpha value is -2.22. The van der Waals surface area contributed by atoms with E-state index in [-0.39, 0.29) is 11.7 Å². The van der Waals surface area contributed by atoms with Crippen molar-refractivity contribution in [3.8, 4) is 6.07 Å². The number of aliphatic carboxylic acids is 1. The largest absolute Gasteiger partial charge is 0.490 e. The Morgan fingerprint density at radius 3 is 2.70 bits per heavy atom. The second-order valence-electron chi connectivity index (χ2n) is 6.23. The first-order valence-electron chi connectivity index (χ1n) is 8.20. The summed E-state index contributed by atoms with van der Waals surface area (Å²) >= 11 is 0. The van der Waals surface area contributed by atoms with E-state index in [0.717, 1.165) is 31.7 Å². The number of carboxylic acids is 1. The molecule has 2 aliphatic rings. The minimum atomic E-state index is -5.08.